The molecule has 0 spiro atoms. The maximum Gasteiger partial charge on any atom is 0.251 e. The number of amides is 1. The van der Waals surface area contributed by atoms with E-state index in [1.807, 2.05) is 25.1 Å². The van der Waals surface area contributed by atoms with Gasteiger partial charge in [0.2, 0.25) is 0 Å². The molecule has 124 valence electrons. The van der Waals surface area contributed by atoms with Gasteiger partial charge in [0.05, 0.1) is 0 Å². The topological polar surface area (TPSA) is 44.9 Å². The number of halogens is 3. The van der Waals surface area contributed by atoms with Crippen molar-refractivity contribution in [1.82, 2.24) is 10.3 Å². The normalized spacial score (nSPS) is 11.0. The van der Waals surface area contributed by atoms with Gasteiger partial charge in [0.15, 0.2) is 11.6 Å². The van der Waals surface area contributed by atoms with Crippen LogP contribution in [0.2, 0.25) is 5.02 Å². The molecule has 0 radical (unpaired) electrons. The molecule has 0 fully saturated rings. The molecule has 6 heteroatoms. The van der Waals surface area contributed by atoms with Crippen molar-refractivity contribution in [1.29, 1.82) is 0 Å². The summed E-state index contributed by atoms with van der Waals surface area (Å²) >= 11 is 6.04. The van der Waals surface area contributed by atoms with Gasteiger partial charge in [-0.05, 0) is 55.3 Å². The van der Waals surface area contributed by atoms with Crippen molar-refractivity contribution in [2.75, 3.05) is 6.54 Å². The Morgan fingerprint density at radius 2 is 1.96 bits per heavy atom. The van der Waals surface area contributed by atoms with E-state index in [0.29, 0.717) is 18.0 Å². The lowest BCUT2D eigenvalue weighted by Crippen LogP contribution is -2.26. The van der Waals surface area contributed by atoms with E-state index in [4.69, 9.17) is 11.6 Å². The average molecular weight is 349 g/mol. The van der Waals surface area contributed by atoms with Crippen LogP contribution in [0.4, 0.5) is 8.78 Å². The van der Waals surface area contributed by atoms with Crippen molar-refractivity contribution in [3.05, 3.63) is 69.9 Å². The van der Waals surface area contributed by atoms with Gasteiger partial charge >= 0.3 is 0 Å². The molecule has 0 saturated heterocycles. The van der Waals surface area contributed by atoms with Crippen LogP contribution in [0.3, 0.4) is 0 Å². The Hall–Kier alpha value is -2.40. The van der Waals surface area contributed by atoms with Gasteiger partial charge < -0.3 is 10.3 Å². The van der Waals surface area contributed by atoms with Crippen LogP contribution in [-0.4, -0.2) is 17.4 Å². The van der Waals surface area contributed by atoms with E-state index in [1.54, 1.807) is 0 Å². The van der Waals surface area contributed by atoms with E-state index >= 15 is 0 Å². The van der Waals surface area contributed by atoms with Gasteiger partial charge in [0.25, 0.3) is 5.91 Å². The molecule has 0 unspecified atom stereocenters. The Morgan fingerprint density at radius 1 is 1.17 bits per heavy atom. The molecule has 2 aromatic carbocycles. The monoisotopic (exact) mass is 348 g/mol. The largest absolute Gasteiger partial charge is 0.358 e. The Morgan fingerprint density at radius 3 is 2.71 bits per heavy atom. The molecule has 0 atom stereocenters. The van der Waals surface area contributed by atoms with Crippen LogP contribution < -0.4 is 5.32 Å². The Labute approximate surface area is 142 Å². The van der Waals surface area contributed by atoms with E-state index in [1.165, 1.54) is 6.07 Å². The standard InChI is InChI=1S/C18H15ClF2N2O/c1-10-13(14-9-12(19)3-5-17(14)23-10)6-7-22-18(24)11-2-4-15(20)16(21)8-11/h2-5,8-9,23H,6-7H2,1H3,(H,22,24). The number of hydrogen-bond donors (Lipinski definition) is 2. The Balaban J connectivity index is 1.70. The molecule has 3 nitrogen and oxygen atoms in total. The molecule has 0 aliphatic heterocycles. The quantitative estimate of drug-likeness (QED) is 0.722. The summed E-state index contributed by atoms with van der Waals surface area (Å²) in [6.45, 7) is 2.33. The molecular formula is C18H15ClF2N2O. The van der Waals surface area contributed by atoms with Gasteiger partial charge in [-0.25, -0.2) is 8.78 Å². The highest BCUT2D eigenvalue weighted by Gasteiger charge is 2.12. The second kappa shape index (κ2) is 6.61. The predicted molar refractivity (Wildman–Crippen MR) is 90.4 cm³/mol. The third kappa shape index (κ3) is 3.26. The molecule has 3 aromatic rings. The van der Waals surface area contributed by atoms with Gasteiger partial charge in [-0.3, -0.25) is 4.79 Å². The van der Waals surface area contributed by atoms with Gasteiger partial charge in [-0.1, -0.05) is 11.6 Å². The first kappa shape index (κ1) is 16.5. The maximum atomic E-state index is 13.2. The van der Waals surface area contributed by atoms with Crippen LogP contribution in [0.15, 0.2) is 36.4 Å². The molecular weight excluding hydrogens is 334 g/mol. The first-order valence-corrected chi connectivity index (χ1v) is 7.83. The predicted octanol–water partition coefficient (Wildman–Crippen LogP) is 4.38. The van der Waals surface area contributed by atoms with Gasteiger partial charge in [-0.2, -0.15) is 0 Å². The van der Waals surface area contributed by atoms with Crippen molar-refractivity contribution in [3.8, 4) is 0 Å². The van der Waals surface area contributed by atoms with E-state index in [2.05, 4.69) is 10.3 Å². The smallest absolute Gasteiger partial charge is 0.251 e. The molecule has 0 saturated carbocycles. The van der Waals surface area contributed by atoms with Crippen molar-refractivity contribution in [3.63, 3.8) is 0 Å². The molecule has 24 heavy (non-hydrogen) atoms. The lowest BCUT2D eigenvalue weighted by atomic mass is 10.1. The summed E-state index contributed by atoms with van der Waals surface area (Å²) in [4.78, 5) is 15.3. The first-order valence-electron chi connectivity index (χ1n) is 7.45. The SMILES string of the molecule is Cc1[nH]c2ccc(Cl)cc2c1CCNC(=O)c1ccc(F)c(F)c1. The summed E-state index contributed by atoms with van der Waals surface area (Å²) in [5.74, 6) is -2.45. The molecule has 1 aromatic heterocycles. The zero-order chi connectivity index (χ0) is 17.3. The Kier molecular flexibility index (Phi) is 4.53. The lowest BCUT2D eigenvalue weighted by molar-refractivity contribution is 0.0953. The zero-order valence-corrected chi connectivity index (χ0v) is 13.7. The summed E-state index contributed by atoms with van der Waals surface area (Å²) in [6, 6.07) is 8.69. The number of rotatable bonds is 4. The number of hydrogen-bond acceptors (Lipinski definition) is 1. The number of carbonyl (C=O) groups is 1. The summed E-state index contributed by atoms with van der Waals surface area (Å²) in [5, 5.41) is 4.38. The second-order valence-corrected chi connectivity index (χ2v) is 5.99. The van der Waals surface area contributed by atoms with Crippen LogP contribution in [-0.2, 0) is 6.42 Å². The van der Waals surface area contributed by atoms with Crippen molar-refractivity contribution in [2.45, 2.75) is 13.3 Å². The fraction of sp³-hybridized carbons (Fsp3) is 0.167. The van der Waals surface area contributed by atoms with E-state index in [0.717, 1.165) is 34.3 Å². The molecule has 1 heterocycles. The van der Waals surface area contributed by atoms with Crippen molar-refractivity contribution < 1.29 is 13.6 Å². The summed E-state index contributed by atoms with van der Waals surface area (Å²) in [5.41, 5.74) is 3.15. The van der Waals surface area contributed by atoms with Crippen LogP contribution in [0.5, 0.6) is 0 Å². The average Bonchev–Trinajstić information content (AvgIpc) is 2.85. The molecule has 3 rings (SSSR count). The van der Waals surface area contributed by atoms with Crippen LogP contribution in [0.1, 0.15) is 21.6 Å². The number of aryl methyl sites for hydroxylation is 1. The molecule has 1 amide bonds. The fourth-order valence-corrected chi connectivity index (χ4v) is 2.89. The van der Waals surface area contributed by atoms with Crippen LogP contribution in [0.25, 0.3) is 10.9 Å². The van der Waals surface area contributed by atoms with Crippen molar-refractivity contribution >= 4 is 28.4 Å². The zero-order valence-electron chi connectivity index (χ0n) is 12.9. The van der Waals surface area contributed by atoms with Gasteiger partial charge in [0.1, 0.15) is 0 Å². The minimum absolute atomic E-state index is 0.0904. The third-order valence-corrected chi connectivity index (χ3v) is 4.16. The second-order valence-electron chi connectivity index (χ2n) is 5.55. The number of nitrogens with one attached hydrogen (secondary N) is 2. The molecule has 0 bridgehead atoms. The van der Waals surface area contributed by atoms with E-state index < -0.39 is 17.5 Å². The summed E-state index contributed by atoms with van der Waals surface area (Å²) < 4.78 is 26.1. The number of H-pyrrole nitrogens is 1. The molecule has 0 aliphatic carbocycles. The van der Waals surface area contributed by atoms with E-state index in [9.17, 15) is 13.6 Å². The highest BCUT2D eigenvalue weighted by molar-refractivity contribution is 6.31. The van der Waals surface area contributed by atoms with Gasteiger partial charge in [-0.15, -0.1) is 0 Å². The third-order valence-electron chi connectivity index (χ3n) is 3.92. The number of aromatic amines is 1. The minimum Gasteiger partial charge on any atom is -0.358 e. The number of fused-ring (bicyclic) bond motifs is 1. The number of benzene rings is 2. The Bertz CT molecular complexity index is 921. The lowest BCUT2D eigenvalue weighted by Gasteiger charge is -2.06. The first-order chi connectivity index (χ1) is 11.5. The summed E-state index contributed by atoms with van der Waals surface area (Å²) in [6.07, 6.45) is 0.599. The fourth-order valence-electron chi connectivity index (χ4n) is 2.72. The molecule has 0 aliphatic rings. The molecule has 2 N–H and O–H groups in total. The maximum absolute atomic E-state index is 13.2. The van der Waals surface area contributed by atoms with Crippen LogP contribution >= 0.6 is 11.6 Å². The summed E-state index contributed by atoms with van der Waals surface area (Å²) in [7, 11) is 0. The van der Waals surface area contributed by atoms with Crippen LogP contribution in [0, 0.1) is 18.6 Å². The van der Waals surface area contributed by atoms with E-state index in [-0.39, 0.29) is 5.56 Å². The van der Waals surface area contributed by atoms with Gasteiger partial charge in [0, 0.05) is 33.7 Å². The highest BCUT2D eigenvalue weighted by Crippen LogP contribution is 2.25. The number of aromatic nitrogens is 1. The van der Waals surface area contributed by atoms with Crippen molar-refractivity contribution in [2.24, 2.45) is 0 Å². The highest BCUT2D eigenvalue weighted by atomic mass is 35.5. The minimum atomic E-state index is -1.04. The number of carbonyl (C=O) groups excluding carboxylic acids is 1.